The average molecular weight is 472 g/mol. The lowest BCUT2D eigenvalue weighted by atomic mass is 10.1. The molecule has 0 aliphatic carbocycles. The number of hydrogen-bond acceptors (Lipinski definition) is 3. The summed E-state index contributed by atoms with van der Waals surface area (Å²) < 4.78 is 5.61. The largest absolute Gasteiger partial charge is 0.484 e. The first kappa shape index (κ1) is 24.3. The molecule has 1 atom stereocenters. The molecule has 2 rings (SSSR count). The summed E-state index contributed by atoms with van der Waals surface area (Å²) in [6.45, 7) is 4.29. The van der Waals surface area contributed by atoms with Gasteiger partial charge in [0.25, 0.3) is 5.91 Å². The number of ether oxygens (including phenoxy) is 1. The zero-order valence-corrected chi connectivity index (χ0v) is 19.2. The molecule has 0 fully saturated rings. The molecule has 0 radical (unpaired) electrons. The van der Waals surface area contributed by atoms with Gasteiger partial charge in [-0.2, -0.15) is 0 Å². The molecule has 0 bridgehead atoms. The molecule has 0 heterocycles. The molecule has 0 saturated heterocycles. The highest BCUT2D eigenvalue weighted by atomic mass is 35.5. The maximum absolute atomic E-state index is 13.1. The van der Waals surface area contributed by atoms with E-state index >= 15 is 0 Å². The van der Waals surface area contributed by atoms with Gasteiger partial charge in [-0.15, -0.1) is 0 Å². The number of rotatable bonds is 10. The standard InChI is InChI=1S/C22H25Cl3N2O3/c1-3-10-26-22(29)20(4-2)27(13-15-8-9-17(24)12-19(15)25)21(28)14-30-18-7-5-6-16(23)11-18/h5-9,11-12,20H,3-4,10,13-14H2,1-2H3,(H,26,29)/t20-/m0/s1. The van der Waals surface area contributed by atoms with Crippen molar-refractivity contribution in [3.63, 3.8) is 0 Å². The van der Waals surface area contributed by atoms with Crippen LogP contribution in [0.2, 0.25) is 15.1 Å². The molecular weight excluding hydrogens is 447 g/mol. The van der Waals surface area contributed by atoms with Gasteiger partial charge in [-0.25, -0.2) is 0 Å². The molecule has 2 aromatic carbocycles. The van der Waals surface area contributed by atoms with Crippen LogP contribution >= 0.6 is 34.8 Å². The van der Waals surface area contributed by atoms with E-state index in [1.54, 1.807) is 42.5 Å². The minimum absolute atomic E-state index is 0.159. The van der Waals surface area contributed by atoms with E-state index in [-0.39, 0.29) is 25.0 Å². The second-order valence-corrected chi connectivity index (χ2v) is 8.00. The number of benzene rings is 2. The lowest BCUT2D eigenvalue weighted by Crippen LogP contribution is -2.50. The van der Waals surface area contributed by atoms with Crippen LogP contribution in [0.5, 0.6) is 5.75 Å². The molecule has 2 aromatic rings. The highest BCUT2D eigenvalue weighted by Gasteiger charge is 2.29. The number of nitrogens with zero attached hydrogens (tertiary/aromatic N) is 1. The minimum Gasteiger partial charge on any atom is -0.484 e. The molecule has 0 aliphatic rings. The first-order chi connectivity index (χ1) is 14.3. The third-order valence-electron chi connectivity index (χ3n) is 4.45. The van der Waals surface area contributed by atoms with Gasteiger partial charge in [-0.1, -0.05) is 60.8 Å². The Hall–Kier alpha value is -1.95. The summed E-state index contributed by atoms with van der Waals surface area (Å²) >= 11 is 18.3. The normalized spacial score (nSPS) is 11.6. The monoisotopic (exact) mass is 470 g/mol. The number of nitrogens with one attached hydrogen (secondary N) is 1. The highest BCUT2D eigenvalue weighted by Crippen LogP contribution is 2.24. The van der Waals surface area contributed by atoms with E-state index < -0.39 is 6.04 Å². The summed E-state index contributed by atoms with van der Waals surface area (Å²) in [5.41, 5.74) is 0.693. The lowest BCUT2D eigenvalue weighted by Gasteiger charge is -2.31. The Morgan fingerprint density at radius 3 is 2.43 bits per heavy atom. The minimum atomic E-state index is -0.654. The molecule has 0 saturated carbocycles. The Morgan fingerprint density at radius 1 is 1.07 bits per heavy atom. The molecule has 30 heavy (non-hydrogen) atoms. The summed E-state index contributed by atoms with van der Waals surface area (Å²) in [5, 5.41) is 4.30. The van der Waals surface area contributed by atoms with E-state index in [1.165, 1.54) is 4.90 Å². The predicted octanol–water partition coefficient (Wildman–Crippen LogP) is 5.36. The predicted molar refractivity (Wildman–Crippen MR) is 121 cm³/mol. The maximum atomic E-state index is 13.1. The zero-order chi connectivity index (χ0) is 22.1. The van der Waals surface area contributed by atoms with Gasteiger partial charge < -0.3 is 15.0 Å². The Morgan fingerprint density at radius 2 is 1.80 bits per heavy atom. The van der Waals surface area contributed by atoms with Crippen LogP contribution in [0.25, 0.3) is 0 Å². The van der Waals surface area contributed by atoms with Crippen molar-refractivity contribution in [3.8, 4) is 5.75 Å². The van der Waals surface area contributed by atoms with Crippen molar-refractivity contribution in [1.29, 1.82) is 0 Å². The van der Waals surface area contributed by atoms with Crippen molar-refractivity contribution in [1.82, 2.24) is 10.2 Å². The number of hydrogen-bond donors (Lipinski definition) is 1. The van der Waals surface area contributed by atoms with Crippen LogP contribution < -0.4 is 10.1 Å². The van der Waals surface area contributed by atoms with Crippen molar-refractivity contribution in [2.24, 2.45) is 0 Å². The molecular formula is C22H25Cl3N2O3. The number of amides is 2. The van der Waals surface area contributed by atoms with E-state index in [0.29, 0.717) is 39.3 Å². The Balaban J connectivity index is 2.23. The maximum Gasteiger partial charge on any atom is 0.261 e. The van der Waals surface area contributed by atoms with E-state index in [9.17, 15) is 9.59 Å². The fourth-order valence-electron chi connectivity index (χ4n) is 2.90. The van der Waals surface area contributed by atoms with Crippen molar-refractivity contribution >= 4 is 46.6 Å². The summed E-state index contributed by atoms with van der Waals surface area (Å²) in [6.07, 6.45) is 1.25. The van der Waals surface area contributed by atoms with Gasteiger partial charge in [0.1, 0.15) is 11.8 Å². The molecule has 1 N–H and O–H groups in total. The topological polar surface area (TPSA) is 58.6 Å². The fourth-order valence-corrected chi connectivity index (χ4v) is 3.55. The molecule has 5 nitrogen and oxygen atoms in total. The van der Waals surface area contributed by atoms with Crippen LogP contribution in [0.4, 0.5) is 0 Å². The van der Waals surface area contributed by atoms with Crippen LogP contribution in [0.3, 0.4) is 0 Å². The van der Waals surface area contributed by atoms with Gasteiger partial charge in [0, 0.05) is 28.2 Å². The van der Waals surface area contributed by atoms with Crippen LogP contribution in [0.15, 0.2) is 42.5 Å². The summed E-state index contributed by atoms with van der Waals surface area (Å²) in [7, 11) is 0. The Labute approximate surface area is 192 Å². The Kier molecular flexibility index (Phi) is 9.76. The second-order valence-electron chi connectivity index (χ2n) is 6.72. The van der Waals surface area contributed by atoms with Crippen molar-refractivity contribution in [3.05, 3.63) is 63.1 Å². The van der Waals surface area contributed by atoms with Crippen molar-refractivity contribution in [2.75, 3.05) is 13.2 Å². The summed E-state index contributed by atoms with van der Waals surface area (Å²) in [5.74, 6) is -0.0659. The van der Waals surface area contributed by atoms with Gasteiger partial charge in [-0.05, 0) is 48.7 Å². The van der Waals surface area contributed by atoms with Crippen LogP contribution in [0.1, 0.15) is 32.3 Å². The lowest BCUT2D eigenvalue weighted by molar-refractivity contribution is -0.143. The third-order valence-corrected chi connectivity index (χ3v) is 5.27. The number of carbonyl (C=O) groups excluding carboxylic acids is 2. The van der Waals surface area contributed by atoms with Crippen LogP contribution in [-0.4, -0.2) is 35.9 Å². The van der Waals surface area contributed by atoms with Crippen molar-refractivity contribution < 1.29 is 14.3 Å². The quantitative estimate of drug-likeness (QED) is 0.507. The molecule has 2 amide bonds. The zero-order valence-electron chi connectivity index (χ0n) is 17.0. The van der Waals surface area contributed by atoms with E-state index in [0.717, 1.165) is 6.42 Å². The first-order valence-corrected chi connectivity index (χ1v) is 10.9. The SMILES string of the molecule is CCCNC(=O)[C@H](CC)N(Cc1ccc(Cl)cc1Cl)C(=O)COc1cccc(Cl)c1. The van der Waals surface area contributed by atoms with Gasteiger partial charge in [0.15, 0.2) is 6.61 Å². The van der Waals surface area contributed by atoms with E-state index in [4.69, 9.17) is 39.5 Å². The number of halogens is 3. The molecule has 0 spiro atoms. The first-order valence-electron chi connectivity index (χ1n) is 9.75. The molecule has 8 heteroatoms. The summed E-state index contributed by atoms with van der Waals surface area (Å²) in [6, 6.07) is 11.2. The molecule has 162 valence electrons. The molecule has 0 aliphatic heterocycles. The molecule has 0 aromatic heterocycles. The van der Waals surface area contributed by atoms with Gasteiger partial charge in [0.05, 0.1) is 0 Å². The third kappa shape index (κ3) is 7.08. The Bertz CT molecular complexity index is 876. The van der Waals surface area contributed by atoms with Gasteiger partial charge >= 0.3 is 0 Å². The van der Waals surface area contributed by atoms with E-state index in [2.05, 4.69) is 5.32 Å². The van der Waals surface area contributed by atoms with E-state index in [1.807, 2.05) is 13.8 Å². The fraction of sp³-hybridized carbons (Fsp3) is 0.364. The number of carbonyl (C=O) groups is 2. The highest BCUT2D eigenvalue weighted by molar-refractivity contribution is 6.35. The van der Waals surface area contributed by atoms with Crippen LogP contribution in [0, 0.1) is 0 Å². The second kappa shape index (κ2) is 12.0. The van der Waals surface area contributed by atoms with Crippen LogP contribution in [-0.2, 0) is 16.1 Å². The van der Waals surface area contributed by atoms with Gasteiger partial charge in [-0.3, -0.25) is 9.59 Å². The summed E-state index contributed by atoms with van der Waals surface area (Å²) in [4.78, 5) is 27.3. The smallest absolute Gasteiger partial charge is 0.261 e. The van der Waals surface area contributed by atoms with Gasteiger partial charge in [0.2, 0.25) is 5.91 Å². The molecule has 0 unspecified atom stereocenters. The van der Waals surface area contributed by atoms with Crippen molar-refractivity contribution in [2.45, 2.75) is 39.3 Å². The average Bonchev–Trinajstić information content (AvgIpc) is 2.71.